The zero-order valence-corrected chi connectivity index (χ0v) is 24.3. The van der Waals surface area contributed by atoms with E-state index in [0.717, 1.165) is 12.1 Å². The number of benzene rings is 1. The van der Waals surface area contributed by atoms with Crippen LogP contribution in [0, 0.1) is 6.92 Å². The molecule has 10 nitrogen and oxygen atoms in total. The number of aliphatic hydroxyl groups is 1. The van der Waals surface area contributed by atoms with Crippen LogP contribution in [0.3, 0.4) is 0 Å². The van der Waals surface area contributed by atoms with E-state index in [1.807, 2.05) is 0 Å². The van der Waals surface area contributed by atoms with Crippen molar-refractivity contribution in [2.75, 3.05) is 35.9 Å². The highest BCUT2D eigenvalue weighted by atomic mass is 32.2. The van der Waals surface area contributed by atoms with Crippen molar-refractivity contribution in [3.05, 3.63) is 65.7 Å². The third kappa shape index (κ3) is 7.10. The number of sulfonamides is 1. The van der Waals surface area contributed by atoms with Gasteiger partial charge in [-0.2, -0.15) is 21.6 Å². The first-order valence-corrected chi connectivity index (χ1v) is 14.6. The highest BCUT2D eigenvalue weighted by Crippen LogP contribution is 2.38. The first-order chi connectivity index (χ1) is 19.6. The highest BCUT2D eigenvalue weighted by molar-refractivity contribution is 7.92. The number of piperazine rings is 1. The number of nitrogens with one attached hydrogen (secondary N) is 1. The van der Waals surface area contributed by atoms with Gasteiger partial charge in [-0.15, -0.1) is 0 Å². The molecular formula is C28H32F3N5O5S. The number of aromatic nitrogens is 2. The van der Waals surface area contributed by atoms with Crippen molar-refractivity contribution in [3.8, 4) is 11.3 Å². The summed E-state index contributed by atoms with van der Waals surface area (Å²) in [7, 11) is -4.36. The number of aliphatic hydroxyl groups excluding tert-OH is 1. The van der Waals surface area contributed by atoms with Gasteiger partial charge < -0.3 is 14.7 Å². The van der Waals surface area contributed by atoms with Gasteiger partial charge in [0.2, 0.25) is 0 Å². The molecule has 1 aromatic carbocycles. The van der Waals surface area contributed by atoms with Gasteiger partial charge in [-0.05, 0) is 57.5 Å². The average Bonchev–Trinajstić information content (AvgIpc) is 2.91. The molecule has 1 saturated heterocycles. The maximum atomic E-state index is 13.8. The standard InChI is InChI=1S/C28H32F3N5O5S/c1-18-8-5-6-9-20(18)25-21(28(29,30)31)12-13-22(32-25)34-42(39,40)24-11-7-10-23(33-24)35-14-15-36(19(16-35)17-37)26(38)41-27(2,3)4/h5-13,19,37H,14-17H2,1-4H3,(H,32,34). The number of ether oxygens (including phenoxy) is 1. The molecule has 1 aliphatic heterocycles. The third-order valence-corrected chi connectivity index (χ3v) is 7.73. The molecule has 3 heterocycles. The summed E-state index contributed by atoms with van der Waals surface area (Å²) in [5.41, 5.74) is -1.36. The van der Waals surface area contributed by atoms with Gasteiger partial charge in [0.15, 0.2) is 5.03 Å². The quantitative estimate of drug-likeness (QED) is 0.414. The number of carbonyl (C=O) groups excluding carboxylic acids is 1. The Balaban J connectivity index is 1.58. The number of alkyl halides is 3. The van der Waals surface area contributed by atoms with Gasteiger partial charge in [0.25, 0.3) is 10.0 Å². The molecular weight excluding hydrogens is 575 g/mol. The third-order valence-electron chi connectivity index (χ3n) is 6.47. The van der Waals surface area contributed by atoms with Crippen LogP contribution in [-0.2, 0) is 20.9 Å². The molecule has 0 saturated carbocycles. The molecule has 0 aliphatic carbocycles. The molecule has 0 radical (unpaired) electrons. The van der Waals surface area contributed by atoms with E-state index in [1.54, 1.807) is 56.9 Å². The number of rotatable bonds is 6. The molecule has 0 bridgehead atoms. The van der Waals surface area contributed by atoms with Crippen LogP contribution in [-0.4, -0.2) is 72.4 Å². The van der Waals surface area contributed by atoms with Gasteiger partial charge in [-0.25, -0.2) is 14.8 Å². The second-order valence-corrected chi connectivity index (χ2v) is 12.4. The minimum absolute atomic E-state index is 0.167. The summed E-state index contributed by atoms with van der Waals surface area (Å²) in [4.78, 5) is 24.1. The van der Waals surface area contributed by atoms with Gasteiger partial charge in [-0.1, -0.05) is 30.3 Å². The Bertz CT molecular complexity index is 1560. The van der Waals surface area contributed by atoms with E-state index in [-0.39, 0.29) is 41.9 Å². The topological polar surface area (TPSA) is 125 Å². The van der Waals surface area contributed by atoms with Crippen molar-refractivity contribution in [2.24, 2.45) is 0 Å². The Morgan fingerprint density at radius 3 is 2.40 bits per heavy atom. The van der Waals surface area contributed by atoms with E-state index in [4.69, 9.17) is 4.74 Å². The molecule has 3 aromatic rings. The Morgan fingerprint density at radius 2 is 1.76 bits per heavy atom. The predicted octanol–water partition coefficient (Wildman–Crippen LogP) is 4.69. The number of anilines is 2. The average molecular weight is 608 g/mol. The Kier molecular flexibility index (Phi) is 8.69. The maximum absolute atomic E-state index is 13.8. The monoisotopic (exact) mass is 607 g/mol. The number of hydrogen-bond donors (Lipinski definition) is 2. The summed E-state index contributed by atoms with van der Waals surface area (Å²) >= 11 is 0. The first-order valence-electron chi connectivity index (χ1n) is 13.1. The number of halogens is 3. The van der Waals surface area contributed by atoms with Crippen molar-refractivity contribution in [3.63, 3.8) is 0 Å². The van der Waals surface area contributed by atoms with Crippen molar-refractivity contribution >= 4 is 27.8 Å². The smallest absolute Gasteiger partial charge is 0.418 e. The number of amides is 1. The lowest BCUT2D eigenvalue weighted by Crippen LogP contribution is -2.57. The summed E-state index contributed by atoms with van der Waals surface area (Å²) in [5.74, 6) is -0.0269. The van der Waals surface area contributed by atoms with Gasteiger partial charge >= 0.3 is 12.3 Å². The van der Waals surface area contributed by atoms with Gasteiger partial charge in [0.05, 0.1) is 23.9 Å². The summed E-state index contributed by atoms with van der Waals surface area (Å²) in [6.07, 6.45) is -5.28. The van der Waals surface area contributed by atoms with E-state index in [0.29, 0.717) is 12.1 Å². The lowest BCUT2D eigenvalue weighted by Gasteiger charge is -2.41. The molecule has 1 aliphatic rings. The molecule has 1 amide bonds. The van der Waals surface area contributed by atoms with Gasteiger partial charge in [-0.3, -0.25) is 9.62 Å². The lowest BCUT2D eigenvalue weighted by atomic mass is 10.0. The fraction of sp³-hybridized carbons (Fsp3) is 0.393. The van der Waals surface area contributed by atoms with Crippen LogP contribution >= 0.6 is 0 Å². The molecule has 1 unspecified atom stereocenters. The second-order valence-electron chi connectivity index (χ2n) is 10.8. The predicted molar refractivity (Wildman–Crippen MR) is 150 cm³/mol. The van der Waals surface area contributed by atoms with E-state index >= 15 is 0 Å². The molecule has 14 heteroatoms. The van der Waals surface area contributed by atoms with Crippen LogP contribution < -0.4 is 9.62 Å². The SMILES string of the molecule is Cc1ccccc1-c1nc(NS(=O)(=O)c2cccc(N3CCN(C(=O)OC(C)(C)C)C(CO)C3)n2)ccc1C(F)(F)F. The molecule has 2 aromatic heterocycles. The van der Waals surface area contributed by atoms with Crippen LogP contribution in [0.25, 0.3) is 11.3 Å². The molecule has 4 rings (SSSR count). The fourth-order valence-corrected chi connectivity index (χ4v) is 5.45. The van der Waals surface area contributed by atoms with E-state index in [2.05, 4.69) is 14.7 Å². The van der Waals surface area contributed by atoms with Crippen molar-refractivity contribution in [1.29, 1.82) is 0 Å². The van der Waals surface area contributed by atoms with Crippen LogP contribution in [0.15, 0.2) is 59.6 Å². The maximum Gasteiger partial charge on any atom is 0.418 e. The first kappa shape index (κ1) is 31.0. The largest absolute Gasteiger partial charge is 0.444 e. The van der Waals surface area contributed by atoms with E-state index in [1.165, 1.54) is 23.1 Å². The number of aryl methyl sites for hydroxylation is 1. The minimum atomic E-state index is -4.71. The summed E-state index contributed by atoms with van der Waals surface area (Å²) in [6, 6.07) is 11.8. The summed E-state index contributed by atoms with van der Waals surface area (Å²) in [6.45, 7) is 7.17. The molecule has 42 heavy (non-hydrogen) atoms. The van der Waals surface area contributed by atoms with Gasteiger partial charge in [0.1, 0.15) is 17.2 Å². The summed E-state index contributed by atoms with van der Waals surface area (Å²) in [5, 5.41) is 9.55. The minimum Gasteiger partial charge on any atom is -0.444 e. The zero-order chi connectivity index (χ0) is 30.9. The van der Waals surface area contributed by atoms with Gasteiger partial charge in [0, 0.05) is 25.2 Å². The van der Waals surface area contributed by atoms with E-state index < -0.39 is 45.2 Å². The zero-order valence-electron chi connectivity index (χ0n) is 23.5. The van der Waals surface area contributed by atoms with Crippen LogP contribution in [0.1, 0.15) is 31.9 Å². The number of carbonyl (C=O) groups is 1. The van der Waals surface area contributed by atoms with Crippen molar-refractivity contribution < 1.29 is 36.2 Å². The summed E-state index contributed by atoms with van der Waals surface area (Å²) < 4.78 is 75.5. The Morgan fingerprint density at radius 1 is 1.05 bits per heavy atom. The normalized spacial score (nSPS) is 16.3. The number of hydrogen-bond acceptors (Lipinski definition) is 8. The Labute approximate surface area is 242 Å². The number of pyridine rings is 2. The van der Waals surface area contributed by atoms with Crippen molar-refractivity contribution in [2.45, 2.75) is 50.5 Å². The number of nitrogens with zero attached hydrogens (tertiary/aromatic N) is 4. The van der Waals surface area contributed by atoms with Crippen LogP contribution in [0.2, 0.25) is 0 Å². The molecule has 2 N–H and O–H groups in total. The fourth-order valence-electron chi connectivity index (χ4n) is 4.49. The van der Waals surface area contributed by atoms with Crippen LogP contribution in [0.5, 0.6) is 0 Å². The second kappa shape index (κ2) is 11.8. The highest BCUT2D eigenvalue weighted by Gasteiger charge is 2.36. The lowest BCUT2D eigenvalue weighted by molar-refractivity contribution is -0.137. The molecule has 226 valence electrons. The van der Waals surface area contributed by atoms with Crippen LogP contribution in [0.4, 0.5) is 29.6 Å². The molecule has 1 atom stereocenters. The molecule has 1 fully saturated rings. The van der Waals surface area contributed by atoms with Crippen molar-refractivity contribution in [1.82, 2.24) is 14.9 Å². The Hall–Kier alpha value is -3.91. The van der Waals surface area contributed by atoms with E-state index in [9.17, 15) is 31.5 Å². The molecule has 0 spiro atoms.